The zero-order valence-electron chi connectivity index (χ0n) is 8.52. The van der Waals surface area contributed by atoms with Crippen LogP contribution in [0.2, 0.25) is 0 Å². The quantitative estimate of drug-likeness (QED) is 0.386. The van der Waals surface area contributed by atoms with E-state index in [1.54, 1.807) is 30.3 Å². The normalized spacial score (nSPS) is 11.8. The van der Waals surface area contributed by atoms with Gasteiger partial charge in [0.15, 0.2) is 0 Å². The highest BCUT2D eigenvalue weighted by molar-refractivity contribution is 6.84. The van der Waals surface area contributed by atoms with Crippen molar-refractivity contribution in [1.82, 2.24) is 0 Å². The van der Waals surface area contributed by atoms with Crippen LogP contribution in [0.4, 0.5) is 4.39 Å². The van der Waals surface area contributed by atoms with Gasteiger partial charge in [-0.25, -0.2) is 4.39 Å². The van der Waals surface area contributed by atoms with Gasteiger partial charge in [0.05, 0.1) is 5.56 Å². The van der Waals surface area contributed by atoms with E-state index in [1.807, 2.05) is 0 Å². The van der Waals surface area contributed by atoms with E-state index >= 15 is 0 Å². The molecule has 1 N–H and O–H groups in total. The smallest absolute Gasteiger partial charge is 0.229 e. The number of oxime groups is 1. The van der Waals surface area contributed by atoms with Crippen LogP contribution in [0.15, 0.2) is 41.6 Å². The van der Waals surface area contributed by atoms with E-state index in [4.69, 9.17) is 16.8 Å². The highest BCUT2D eigenvalue weighted by Crippen LogP contribution is 2.21. The van der Waals surface area contributed by atoms with Crippen LogP contribution in [-0.4, -0.2) is 16.2 Å². The highest BCUT2D eigenvalue weighted by Gasteiger charge is 2.18. The first kappa shape index (κ1) is 11.5. The monoisotopic (exact) mass is 251 g/mol. The second-order valence-corrected chi connectivity index (χ2v) is 3.73. The highest BCUT2D eigenvalue weighted by atomic mass is 35.5. The Labute approximate surface area is 101 Å². The number of Topliss-reactive ketones (excluding diaryl/α,β-unsaturated/α-hetero) is 1. The molecule has 0 atom stereocenters. The van der Waals surface area contributed by atoms with Crippen LogP contribution in [0.5, 0.6) is 0 Å². The zero-order valence-corrected chi connectivity index (χ0v) is 9.28. The molecule has 0 aromatic heterocycles. The predicted molar refractivity (Wildman–Crippen MR) is 63.3 cm³/mol. The van der Waals surface area contributed by atoms with E-state index < -0.39 is 16.8 Å². The van der Waals surface area contributed by atoms with Gasteiger partial charge in [-0.05, 0) is 11.5 Å². The Hall–Kier alpha value is -1.94. The Morgan fingerprint density at radius 1 is 1.24 bits per heavy atom. The van der Waals surface area contributed by atoms with Crippen molar-refractivity contribution in [3.63, 3.8) is 0 Å². The van der Waals surface area contributed by atoms with E-state index in [2.05, 4.69) is 5.16 Å². The molecule has 0 unspecified atom stereocenters. The molecular weight excluding hydrogens is 245 g/mol. The van der Waals surface area contributed by atoms with Crippen LogP contribution in [-0.2, 0) is 0 Å². The summed E-state index contributed by atoms with van der Waals surface area (Å²) < 4.78 is 14.0. The number of nitrogens with zero attached hydrogens (tertiary/aromatic N) is 1. The molecule has 0 spiro atoms. The van der Waals surface area contributed by atoms with E-state index in [0.29, 0.717) is 10.8 Å². The van der Waals surface area contributed by atoms with Crippen molar-refractivity contribution in [3.05, 3.63) is 47.8 Å². The summed E-state index contributed by atoms with van der Waals surface area (Å²) in [6.07, 6.45) is 0. The molecule has 5 heteroatoms. The minimum atomic E-state index is -0.850. The van der Waals surface area contributed by atoms with E-state index in [9.17, 15) is 9.18 Å². The SMILES string of the molecule is O=C(C(Cl)=NO)c1ccc2ccccc2c1F. The van der Waals surface area contributed by atoms with Crippen LogP contribution in [0.3, 0.4) is 0 Å². The molecule has 2 rings (SSSR count). The summed E-state index contributed by atoms with van der Waals surface area (Å²) in [6.45, 7) is 0. The number of hydrogen-bond acceptors (Lipinski definition) is 3. The van der Waals surface area contributed by atoms with Gasteiger partial charge in [0, 0.05) is 5.39 Å². The Morgan fingerprint density at radius 3 is 2.65 bits per heavy atom. The standard InChI is InChI=1S/C12H7ClFNO2/c13-12(15-17)11(16)9-6-5-7-3-1-2-4-8(7)10(9)14/h1-6,17H. The van der Waals surface area contributed by atoms with Crippen LogP contribution < -0.4 is 0 Å². The summed E-state index contributed by atoms with van der Waals surface area (Å²) in [5, 5.41) is 11.3. The van der Waals surface area contributed by atoms with Gasteiger partial charge < -0.3 is 5.21 Å². The molecule has 17 heavy (non-hydrogen) atoms. The number of ketones is 1. The van der Waals surface area contributed by atoms with Crippen molar-refractivity contribution >= 4 is 33.3 Å². The summed E-state index contributed by atoms with van der Waals surface area (Å²) in [5.74, 6) is -1.52. The fourth-order valence-corrected chi connectivity index (χ4v) is 1.67. The molecule has 0 amide bonds. The van der Waals surface area contributed by atoms with Gasteiger partial charge >= 0.3 is 0 Å². The first-order chi connectivity index (χ1) is 8.15. The lowest BCUT2D eigenvalue weighted by atomic mass is 10.0. The molecule has 0 saturated heterocycles. The summed E-state index contributed by atoms with van der Waals surface area (Å²) >= 11 is 5.36. The minimum Gasteiger partial charge on any atom is -0.410 e. The van der Waals surface area contributed by atoms with Crippen molar-refractivity contribution in [3.8, 4) is 0 Å². The van der Waals surface area contributed by atoms with Gasteiger partial charge in [0.25, 0.3) is 0 Å². The largest absolute Gasteiger partial charge is 0.410 e. The van der Waals surface area contributed by atoms with Crippen LogP contribution in [0.25, 0.3) is 10.8 Å². The van der Waals surface area contributed by atoms with Gasteiger partial charge in [0.1, 0.15) is 5.82 Å². The van der Waals surface area contributed by atoms with E-state index in [0.717, 1.165) is 0 Å². The van der Waals surface area contributed by atoms with Gasteiger partial charge in [0.2, 0.25) is 11.0 Å². The Balaban J connectivity index is 2.65. The lowest BCUT2D eigenvalue weighted by molar-refractivity contribution is 0.106. The molecule has 86 valence electrons. The second-order valence-electron chi connectivity index (χ2n) is 3.37. The van der Waals surface area contributed by atoms with Crippen molar-refractivity contribution in [2.24, 2.45) is 5.16 Å². The van der Waals surface area contributed by atoms with Crippen molar-refractivity contribution < 1.29 is 14.4 Å². The Bertz CT molecular complexity index is 625. The maximum atomic E-state index is 14.0. The molecule has 0 heterocycles. The molecule has 2 aromatic carbocycles. The average molecular weight is 252 g/mol. The molecular formula is C12H7ClFNO2. The molecule has 0 aliphatic carbocycles. The number of rotatable bonds is 2. The van der Waals surface area contributed by atoms with Crippen LogP contribution in [0, 0.1) is 5.82 Å². The predicted octanol–water partition coefficient (Wildman–Crippen LogP) is 3.19. The number of hydrogen-bond donors (Lipinski definition) is 1. The number of carbonyl (C=O) groups excluding carboxylic acids is 1. The van der Waals surface area contributed by atoms with E-state index in [-0.39, 0.29) is 5.56 Å². The zero-order chi connectivity index (χ0) is 12.4. The van der Waals surface area contributed by atoms with Crippen molar-refractivity contribution in [2.75, 3.05) is 0 Å². The Kier molecular flexibility index (Phi) is 3.06. The summed E-state index contributed by atoms with van der Waals surface area (Å²) in [4.78, 5) is 11.6. The number of carbonyl (C=O) groups is 1. The minimum absolute atomic E-state index is 0.216. The molecule has 0 radical (unpaired) electrons. The van der Waals surface area contributed by atoms with E-state index in [1.165, 1.54) is 6.07 Å². The molecule has 0 bridgehead atoms. The van der Waals surface area contributed by atoms with Crippen LogP contribution >= 0.6 is 11.6 Å². The van der Waals surface area contributed by atoms with Gasteiger partial charge in [-0.15, -0.1) is 0 Å². The third-order valence-corrected chi connectivity index (χ3v) is 2.63. The molecule has 3 nitrogen and oxygen atoms in total. The fraction of sp³-hybridized carbons (Fsp3) is 0. The molecule has 0 saturated carbocycles. The topological polar surface area (TPSA) is 49.7 Å². The van der Waals surface area contributed by atoms with Crippen molar-refractivity contribution in [1.29, 1.82) is 0 Å². The number of benzene rings is 2. The lowest BCUT2D eigenvalue weighted by Gasteiger charge is -2.04. The maximum absolute atomic E-state index is 14.0. The summed E-state index contributed by atoms with van der Waals surface area (Å²) in [7, 11) is 0. The Morgan fingerprint density at radius 2 is 1.94 bits per heavy atom. The van der Waals surface area contributed by atoms with Gasteiger partial charge in [-0.3, -0.25) is 4.79 Å². The summed E-state index contributed by atoms with van der Waals surface area (Å²) in [6, 6.07) is 9.65. The summed E-state index contributed by atoms with van der Waals surface area (Å²) in [5.41, 5.74) is -0.216. The van der Waals surface area contributed by atoms with Gasteiger partial charge in [-0.1, -0.05) is 47.1 Å². The third kappa shape index (κ3) is 1.99. The van der Waals surface area contributed by atoms with Crippen molar-refractivity contribution in [2.45, 2.75) is 0 Å². The average Bonchev–Trinajstić information content (AvgIpc) is 2.38. The first-order valence-electron chi connectivity index (χ1n) is 4.74. The number of fused-ring (bicyclic) bond motifs is 1. The second kappa shape index (κ2) is 4.51. The lowest BCUT2D eigenvalue weighted by Crippen LogP contribution is -2.10. The first-order valence-corrected chi connectivity index (χ1v) is 5.12. The fourth-order valence-electron chi connectivity index (χ4n) is 1.57. The van der Waals surface area contributed by atoms with Gasteiger partial charge in [-0.2, -0.15) is 0 Å². The molecule has 2 aromatic rings. The molecule has 0 aliphatic rings. The maximum Gasteiger partial charge on any atom is 0.229 e. The molecule has 0 aliphatic heterocycles. The van der Waals surface area contributed by atoms with Crippen LogP contribution in [0.1, 0.15) is 10.4 Å². The third-order valence-electron chi connectivity index (χ3n) is 2.38. The molecule has 0 fully saturated rings. The number of halogens is 2.